The molecule has 1 heterocycles. The lowest BCUT2D eigenvalue weighted by Gasteiger charge is -2.13. The number of hydrogen-bond donors (Lipinski definition) is 2. The van der Waals surface area contributed by atoms with E-state index in [1.165, 1.54) is 21.8 Å². The molecule has 1 aliphatic rings. The third-order valence-corrected chi connectivity index (χ3v) is 5.76. The van der Waals surface area contributed by atoms with Gasteiger partial charge >= 0.3 is 0 Å². The number of unbranched alkanes of at least 4 members (excludes halogenated alkanes) is 1. The maximum absolute atomic E-state index is 12.4. The molecule has 2 amide bonds. The van der Waals surface area contributed by atoms with Crippen LogP contribution < -0.4 is 20.3 Å². The van der Waals surface area contributed by atoms with E-state index in [4.69, 9.17) is 9.47 Å². The number of benzene rings is 1. The zero-order valence-corrected chi connectivity index (χ0v) is 17.1. The average Bonchev–Trinajstić information content (AvgIpc) is 3.29. The number of carbonyl (C=O) groups excluding carboxylic acids is 2. The van der Waals surface area contributed by atoms with Gasteiger partial charge in [0, 0.05) is 10.4 Å². The highest BCUT2D eigenvalue weighted by Gasteiger charge is 2.19. The van der Waals surface area contributed by atoms with Gasteiger partial charge in [0.1, 0.15) is 0 Å². The lowest BCUT2D eigenvalue weighted by atomic mass is 10.2. The van der Waals surface area contributed by atoms with Crippen LogP contribution in [0.3, 0.4) is 0 Å². The Hall–Kier alpha value is -2.54. The van der Waals surface area contributed by atoms with Crippen LogP contribution in [0.4, 0.5) is 0 Å². The minimum absolute atomic E-state index is 0.294. The number of rotatable bonds is 8. The molecule has 1 aliphatic carbocycles. The van der Waals surface area contributed by atoms with E-state index in [1.807, 2.05) is 13.0 Å². The molecule has 0 atom stereocenters. The van der Waals surface area contributed by atoms with Crippen LogP contribution in [0.1, 0.15) is 63.6 Å². The van der Waals surface area contributed by atoms with Crippen molar-refractivity contribution in [1.29, 1.82) is 0 Å². The van der Waals surface area contributed by atoms with Gasteiger partial charge in [0.2, 0.25) is 0 Å². The number of carbonyl (C=O) groups is 2. The van der Waals surface area contributed by atoms with Gasteiger partial charge in [0.05, 0.1) is 18.1 Å². The highest BCUT2D eigenvalue weighted by Crippen LogP contribution is 2.31. The van der Waals surface area contributed by atoms with Crippen LogP contribution in [0.5, 0.6) is 11.5 Å². The van der Waals surface area contributed by atoms with Crippen molar-refractivity contribution in [2.45, 2.75) is 46.0 Å². The Labute approximate surface area is 169 Å². The Balaban J connectivity index is 1.61. The molecule has 7 heteroatoms. The first-order chi connectivity index (χ1) is 13.6. The minimum atomic E-state index is -0.404. The van der Waals surface area contributed by atoms with Crippen molar-refractivity contribution >= 4 is 23.2 Å². The fraction of sp³-hybridized carbons (Fsp3) is 0.429. The third-order valence-electron chi connectivity index (χ3n) is 4.52. The summed E-state index contributed by atoms with van der Waals surface area (Å²) in [6, 6.07) is 6.93. The predicted molar refractivity (Wildman–Crippen MR) is 109 cm³/mol. The lowest BCUT2D eigenvalue weighted by molar-refractivity contribution is 0.0848. The van der Waals surface area contributed by atoms with Gasteiger partial charge in [-0.05, 0) is 62.4 Å². The largest absolute Gasteiger partial charge is 0.490 e. The number of ether oxygens (including phenoxy) is 2. The van der Waals surface area contributed by atoms with Crippen molar-refractivity contribution in [3.05, 3.63) is 45.1 Å². The summed E-state index contributed by atoms with van der Waals surface area (Å²) in [5, 5.41) is 0. The Morgan fingerprint density at radius 3 is 2.61 bits per heavy atom. The second-order valence-corrected chi connectivity index (χ2v) is 7.75. The van der Waals surface area contributed by atoms with E-state index in [0.29, 0.717) is 35.2 Å². The van der Waals surface area contributed by atoms with Gasteiger partial charge in [-0.25, -0.2) is 0 Å². The molecule has 2 aromatic rings. The molecule has 0 fully saturated rings. The second kappa shape index (κ2) is 9.59. The van der Waals surface area contributed by atoms with Crippen molar-refractivity contribution in [3.63, 3.8) is 0 Å². The first-order valence-electron chi connectivity index (χ1n) is 9.74. The number of thiophene rings is 1. The lowest BCUT2D eigenvalue weighted by Crippen LogP contribution is -2.41. The van der Waals surface area contributed by atoms with Crippen molar-refractivity contribution in [2.75, 3.05) is 13.2 Å². The molecule has 3 rings (SSSR count). The van der Waals surface area contributed by atoms with Crippen molar-refractivity contribution in [2.24, 2.45) is 0 Å². The molecular formula is C21H26N2O4S. The fourth-order valence-electron chi connectivity index (χ4n) is 3.05. The van der Waals surface area contributed by atoms with Crippen molar-refractivity contribution in [1.82, 2.24) is 10.9 Å². The van der Waals surface area contributed by atoms with Crippen molar-refractivity contribution < 1.29 is 19.1 Å². The summed E-state index contributed by atoms with van der Waals surface area (Å²) in [5.41, 5.74) is 6.61. The molecule has 0 radical (unpaired) electrons. The zero-order chi connectivity index (χ0) is 19.9. The Bertz CT molecular complexity index is 825. The molecule has 1 aromatic carbocycles. The van der Waals surface area contributed by atoms with E-state index < -0.39 is 5.91 Å². The van der Waals surface area contributed by atoms with E-state index >= 15 is 0 Å². The molecule has 150 valence electrons. The van der Waals surface area contributed by atoms with Crippen LogP contribution in [0.2, 0.25) is 0 Å². The molecule has 6 nitrogen and oxygen atoms in total. The molecule has 0 unspecified atom stereocenters. The number of hydrazine groups is 1. The van der Waals surface area contributed by atoms with Crippen LogP contribution >= 0.6 is 11.3 Å². The predicted octanol–water partition coefficient (Wildman–Crippen LogP) is 3.89. The zero-order valence-electron chi connectivity index (χ0n) is 16.3. The summed E-state index contributed by atoms with van der Waals surface area (Å²) in [6.07, 6.45) is 5.20. The summed E-state index contributed by atoms with van der Waals surface area (Å²) in [4.78, 5) is 26.6. The number of amides is 2. The number of hydrogen-bond acceptors (Lipinski definition) is 5. The molecule has 0 bridgehead atoms. The molecule has 0 saturated carbocycles. The molecule has 0 saturated heterocycles. The molecule has 1 aromatic heterocycles. The van der Waals surface area contributed by atoms with Gasteiger partial charge in [-0.1, -0.05) is 13.3 Å². The molecule has 0 spiro atoms. The molecular weight excluding hydrogens is 376 g/mol. The second-order valence-electron chi connectivity index (χ2n) is 6.62. The van der Waals surface area contributed by atoms with E-state index in [-0.39, 0.29) is 5.91 Å². The van der Waals surface area contributed by atoms with Gasteiger partial charge in [0.25, 0.3) is 11.8 Å². The Morgan fingerprint density at radius 1 is 1.04 bits per heavy atom. The molecule has 28 heavy (non-hydrogen) atoms. The minimum Gasteiger partial charge on any atom is -0.490 e. The summed E-state index contributed by atoms with van der Waals surface area (Å²) < 4.78 is 11.3. The first-order valence-corrected chi connectivity index (χ1v) is 10.6. The Morgan fingerprint density at radius 2 is 1.86 bits per heavy atom. The average molecular weight is 403 g/mol. The van der Waals surface area contributed by atoms with E-state index in [2.05, 4.69) is 17.8 Å². The van der Waals surface area contributed by atoms with Crippen molar-refractivity contribution in [3.8, 4) is 11.5 Å². The summed E-state index contributed by atoms with van der Waals surface area (Å²) in [6.45, 7) is 5.04. The van der Waals surface area contributed by atoms with Gasteiger partial charge in [-0.15, -0.1) is 11.3 Å². The quantitative estimate of drug-likeness (QED) is 0.519. The van der Waals surface area contributed by atoms with Crippen LogP contribution in [0, 0.1) is 0 Å². The summed E-state index contributed by atoms with van der Waals surface area (Å²) >= 11 is 1.50. The Kier molecular flexibility index (Phi) is 6.92. The van der Waals surface area contributed by atoms with E-state index in [0.717, 1.165) is 32.1 Å². The smallest absolute Gasteiger partial charge is 0.279 e. The van der Waals surface area contributed by atoms with Gasteiger partial charge in [-0.3, -0.25) is 20.4 Å². The standard InChI is InChI=1S/C21H26N2O4S/c1-3-5-11-27-16-10-9-15(12-17(16)26-4-2)20(24)22-23-21(25)19-13-14-7-6-8-18(14)28-19/h9-10,12-13H,3-8,11H2,1-2H3,(H,22,24)(H,23,25). The summed E-state index contributed by atoms with van der Waals surface area (Å²) in [7, 11) is 0. The number of nitrogens with one attached hydrogen (secondary N) is 2. The number of fused-ring (bicyclic) bond motifs is 1. The van der Waals surface area contributed by atoms with E-state index in [9.17, 15) is 9.59 Å². The number of aryl methyl sites for hydroxylation is 2. The highest BCUT2D eigenvalue weighted by atomic mass is 32.1. The van der Waals surface area contributed by atoms with Gasteiger partial charge in [-0.2, -0.15) is 0 Å². The summed E-state index contributed by atoms with van der Waals surface area (Å²) in [5.74, 6) is 0.437. The monoisotopic (exact) mass is 402 g/mol. The first kappa shape index (κ1) is 20.2. The van der Waals surface area contributed by atoms with E-state index in [1.54, 1.807) is 18.2 Å². The molecule has 0 aliphatic heterocycles. The maximum Gasteiger partial charge on any atom is 0.279 e. The maximum atomic E-state index is 12.4. The van der Waals surface area contributed by atoms with Crippen LogP contribution in [0.15, 0.2) is 24.3 Å². The topological polar surface area (TPSA) is 76.7 Å². The SMILES string of the molecule is CCCCOc1ccc(C(=O)NNC(=O)c2cc3c(s2)CCC3)cc1OCC. The fourth-order valence-corrected chi connectivity index (χ4v) is 4.20. The van der Waals surface area contributed by atoms with Gasteiger partial charge in [0.15, 0.2) is 11.5 Å². The highest BCUT2D eigenvalue weighted by molar-refractivity contribution is 7.14. The molecule has 2 N–H and O–H groups in total. The third kappa shape index (κ3) is 4.84. The van der Waals surface area contributed by atoms with Crippen LogP contribution in [-0.2, 0) is 12.8 Å². The van der Waals surface area contributed by atoms with Crippen LogP contribution in [0.25, 0.3) is 0 Å². The van der Waals surface area contributed by atoms with Crippen LogP contribution in [-0.4, -0.2) is 25.0 Å². The normalized spacial score (nSPS) is 12.4. The van der Waals surface area contributed by atoms with Gasteiger partial charge < -0.3 is 9.47 Å².